The molecule has 1 saturated heterocycles. The highest BCUT2D eigenvalue weighted by Gasteiger charge is 2.11. The summed E-state index contributed by atoms with van der Waals surface area (Å²) < 4.78 is 5.91. The minimum absolute atomic E-state index is 0.257. The van der Waals surface area contributed by atoms with Crippen molar-refractivity contribution in [3.8, 4) is 5.75 Å². The maximum absolute atomic E-state index is 5.91. The molecular weight excluding hydrogens is 238 g/mol. The van der Waals surface area contributed by atoms with E-state index in [9.17, 15) is 0 Å². The van der Waals surface area contributed by atoms with Crippen LogP contribution in [0.15, 0.2) is 18.5 Å². The molecule has 0 spiro atoms. The van der Waals surface area contributed by atoms with Crippen LogP contribution in [-0.2, 0) is 0 Å². The highest BCUT2D eigenvalue weighted by molar-refractivity contribution is 5.48. The van der Waals surface area contributed by atoms with Gasteiger partial charge >= 0.3 is 0 Å². The van der Waals surface area contributed by atoms with Gasteiger partial charge in [-0.15, -0.1) is 0 Å². The van der Waals surface area contributed by atoms with E-state index in [-0.39, 0.29) is 6.10 Å². The Bertz CT molecular complexity index is 375. The van der Waals surface area contributed by atoms with Gasteiger partial charge in [-0.05, 0) is 26.3 Å². The molecule has 0 aromatic carbocycles. The number of pyridine rings is 1. The molecule has 2 heterocycles. The predicted molar refractivity (Wildman–Crippen MR) is 78.9 cm³/mol. The van der Waals surface area contributed by atoms with Crippen LogP contribution >= 0.6 is 0 Å². The monoisotopic (exact) mass is 263 g/mol. The number of anilines is 1. The van der Waals surface area contributed by atoms with E-state index in [1.165, 1.54) is 12.1 Å². The van der Waals surface area contributed by atoms with Crippen LogP contribution in [0.1, 0.15) is 33.1 Å². The average Bonchev–Trinajstić information content (AvgIpc) is 2.68. The van der Waals surface area contributed by atoms with Gasteiger partial charge in [-0.3, -0.25) is 4.98 Å². The third-order valence-corrected chi connectivity index (χ3v) is 3.44. The van der Waals surface area contributed by atoms with Crippen LogP contribution in [0.3, 0.4) is 0 Å². The van der Waals surface area contributed by atoms with Crippen LogP contribution in [0.5, 0.6) is 5.75 Å². The Balaban J connectivity index is 2.01. The Morgan fingerprint density at radius 2 is 2.26 bits per heavy atom. The Labute approximate surface area is 116 Å². The minimum Gasteiger partial charge on any atom is -0.489 e. The summed E-state index contributed by atoms with van der Waals surface area (Å²) in [6, 6.07) is 2.12. The first kappa shape index (κ1) is 14.1. The molecule has 2 rings (SSSR count). The molecule has 1 aromatic heterocycles. The molecule has 1 aliphatic heterocycles. The van der Waals surface area contributed by atoms with E-state index in [0.717, 1.165) is 44.8 Å². The molecule has 0 amide bonds. The fourth-order valence-corrected chi connectivity index (χ4v) is 2.45. The number of hydrogen-bond donors (Lipinski definition) is 1. The molecule has 0 bridgehead atoms. The molecule has 1 aromatic rings. The van der Waals surface area contributed by atoms with Crippen molar-refractivity contribution in [1.82, 2.24) is 10.3 Å². The summed E-state index contributed by atoms with van der Waals surface area (Å²) in [6.07, 6.45) is 7.41. The maximum Gasteiger partial charge on any atom is 0.140 e. The van der Waals surface area contributed by atoms with Crippen LogP contribution in [-0.4, -0.2) is 37.3 Å². The van der Waals surface area contributed by atoms with Gasteiger partial charge in [-0.1, -0.05) is 13.3 Å². The van der Waals surface area contributed by atoms with Crippen molar-refractivity contribution in [1.29, 1.82) is 0 Å². The van der Waals surface area contributed by atoms with Crippen molar-refractivity contribution in [3.05, 3.63) is 18.5 Å². The van der Waals surface area contributed by atoms with Gasteiger partial charge in [-0.25, -0.2) is 0 Å². The lowest BCUT2D eigenvalue weighted by Gasteiger charge is -2.23. The van der Waals surface area contributed by atoms with Gasteiger partial charge in [0.15, 0.2) is 0 Å². The molecule has 4 nitrogen and oxygen atoms in total. The lowest BCUT2D eigenvalue weighted by Crippen LogP contribution is -2.27. The Morgan fingerprint density at radius 1 is 1.37 bits per heavy atom. The van der Waals surface area contributed by atoms with Gasteiger partial charge < -0.3 is 15.0 Å². The number of hydrogen-bond acceptors (Lipinski definition) is 4. The molecule has 0 aliphatic carbocycles. The number of nitrogens with one attached hydrogen (secondary N) is 1. The van der Waals surface area contributed by atoms with Crippen molar-refractivity contribution in [2.45, 2.75) is 39.2 Å². The molecule has 1 fully saturated rings. The number of aromatic nitrogens is 1. The summed E-state index contributed by atoms with van der Waals surface area (Å²) in [5.74, 6) is 0.885. The van der Waals surface area contributed by atoms with Crippen LogP contribution < -0.4 is 15.0 Å². The molecule has 0 saturated carbocycles. The summed E-state index contributed by atoms with van der Waals surface area (Å²) in [6.45, 7) is 8.56. The van der Waals surface area contributed by atoms with Crippen molar-refractivity contribution < 1.29 is 4.74 Å². The third kappa shape index (κ3) is 4.39. The number of nitrogens with zero attached hydrogens (tertiary/aromatic N) is 2. The van der Waals surface area contributed by atoms with Crippen LogP contribution in [0.25, 0.3) is 0 Å². The Morgan fingerprint density at radius 3 is 3.11 bits per heavy atom. The van der Waals surface area contributed by atoms with Gasteiger partial charge in [0.05, 0.1) is 24.2 Å². The minimum atomic E-state index is 0.257. The van der Waals surface area contributed by atoms with Crippen LogP contribution in [0.4, 0.5) is 5.69 Å². The largest absolute Gasteiger partial charge is 0.489 e. The summed E-state index contributed by atoms with van der Waals surface area (Å²) >= 11 is 0. The van der Waals surface area contributed by atoms with Gasteiger partial charge in [0.25, 0.3) is 0 Å². The van der Waals surface area contributed by atoms with E-state index in [2.05, 4.69) is 35.1 Å². The quantitative estimate of drug-likeness (QED) is 0.885. The van der Waals surface area contributed by atoms with E-state index < -0.39 is 0 Å². The maximum atomic E-state index is 5.91. The second-order valence-corrected chi connectivity index (χ2v) is 5.19. The van der Waals surface area contributed by atoms with Crippen molar-refractivity contribution in [2.75, 3.05) is 31.1 Å². The molecule has 1 atom stereocenters. The Kier molecular flexibility index (Phi) is 5.45. The molecule has 19 heavy (non-hydrogen) atoms. The van der Waals surface area contributed by atoms with E-state index >= 15 is 0 Å². The van der Waals surface area contributed by atoms with Crippen LogP contribution in [0, 0.1) is 0 Å². The van der Waals surface area contributed by atoms with Crippen LogP contribution in [0.2, 0.25) is 0 Å². The number of ether oxygens (including phenoxy) is 1. The zero-order valence-corrected chi connectivity index (χ0v) is 12.1. The highest BCUT2D eigenvalue weighted by Crippen LogP contribution is 2.21. The van der Waals surface area contributed by atoms with Crippen molar-refractivity contribution >= 4 is 5.69 Å². The average molecular weight is 263 g/mol. The highest BCUT2D eigenvalue weighted by atomic mass is 16.5. The molecular formula is C15H25N3O. The zero-order chi connectivity index (χ0) is 13.5. The lowest BCUT2D eigenvalue weighted by molar-refractivity contribution is 0.209. The molecule has 1 N–H and O–H groups in total. The van der Waals surface area contributed by atoms with Gasteiger partial charge in [0, 0.05) is 25.7 Å². The topological polar surface area (TPSA) is 37.4 Å². The fraction of sp³-hybridized carbons (Fsp3) is 0.667. The van der Waals surface area contributed by atoms with E-state index in [1.807, 2.05) is 12.4 Å². The predicted octanol–water partition coefficient (Wildman–Crippen LogP) is 2.45. The molecule has 106 valence electrons. The van der Waals surface area contributed by atoms with E-state index in [4.69, 9.17) is 4.74 Å². The van der Waals surface area contributed by atoms with Crippen molar-refractivity contribution in [2.24, 2.45) is 0 Å². The first-order chi connectivity index (χ1) is 9.29. The first-order valence-electron chi connectivity index (χ1n) is 7.37. The van der Waals surface area contributed by atoms with Gasteiger partial charge in [0.1, 0.15) is 5.75 Å². The van der Waals surface area contributed by atoms with E-state index in [1.54, 1.807) is 0 Å². The summed E-state index contributed by atoms with van der Waals surface area (Å²) in [4.78, 5) is 6.70. The Hall–Kier alpha value is -1.29. The zero-order valence-electron chi connectivity index (χ0n) is 12.1. The normalized spacial score (nSPS) is 17.9. The van der Waals surface area contributed by atoms with Crippen molar-refractivity contribution in [3.63, 3.8) is 0 Å². The number of rotatable bonds is 5. The second-order valence-electron chi connectivity index (χ2n) is 5.19. The molecule has 1 unspecified atom stereocenters. The van der Waals surface area contributed by atoms with Gasteiger partial charge in [0.2, 0.25) is 0 Å². The van der Waals surface area contributed by atoms with Gasteiger partial charge in [-0.2, -0.15) is 0 Å². The standard InChI is InChI=1S/C15H25N3O/c1-3-5-13(2)19-15-10-14(11-17-12-15)18-8-4-6-16-7-9-18/h10-13,16H,3-9H2,1-2H3. The smallest absolute Gasteiger partial charge is 0.140 e. The molecule has 0 radical (unpaired) electrons. The first-order valence-corrected chi connectivity index (χ1v) is 7.37. The lowest BCUT2D eigenvalue weighted by atomic mass is 10.2. The van der Waals surface area contributed by atoms with E-state index in [0.29, 0.717) is 0 Å². The molecule has 1 aliphatic rings. The molecule has 4 heteroatoms. The summed E-state index contributed by atoms with van der Waals surface area (Å²) in [7, 11) is 0. The summed E-state index contributed by atoms with van der Waals surface area (Å²) in [5, 5.41) is 3.42. The summed E-state index contributed by atoms with van der Waals surface area (Å²) in [5.41, 5.74) is 1.17. The second kappa shape index (κ2) is 7.34. The fourth-order valence-electron chi connectivity index (χ4n) is 2.45. The third-order valence-electron chi connectivity index (χ3n) is 3.44. The SMILES string of the molecule is CCCC(C)Oc1cncc(N2CCCNCC2)c1.